The number of benzene rings is 1. The number of carbonyl (C=O) groups excluding carboxylic acids is 1. The summed E-state index contributed by atoms with van der Waals surface area (Å²) < 4.78 is 23.7. The number of rotatable bonds is 3. The van der Waals surface area contributed by atoms with Crippen molar-refractivity contribution in [2.24, 2.45) is 0 Å². The number of halogens is 1. The molecule has 0 unspecified atom stereocenters. The van der Waals surface area contributed by atoms with Crippen LogP contribution in [-0.2, 0) is 4.29 Å². The maximum atomic E-state index is 10.9. The van der Waals surface area contributed by atoms with Gasteiger partial charge in [-0.2, -0.15) is 0 Å². The predicted octanol–water partition coefficient (Wildman–Crippen LogP) is -1.16. The highest BCUT2D eigenvalue weighted by Crippen LogP contribution is 2.12. The van der Waals surface area contributed by atoms with Gasteiger partial charge in [-0.25, -0.2) is 4.79 Å². The van der Waals surface area contributed by atoms with Crippen molar-refractivity contribution in [1.82, 2.24) is 0 Å². The highest BCUT2D eigenvalue weighted by Gasteiger charge is 2.20. The van der Waals surface area contributed by atoms with Crippen LogP contribution in [0.15, 0.2) is 24.3 Å². The minimum atomic E-state index is -2.62. The third-order valence-electron chi connectivity index (χ3n) is 1.45. The molecule has 1 rings (SSSR count). The van der Waals surface area contributed by atoms with Gasteiger partial charge in [-0.1, -0.05) is 4.29 Å². The van der Waals surface area contributed by atoms with E-state index in [9.17, 15) is 24.2 Å². The van der Waals surface area contributed by atoms with Crippen LogP contribution < -0.4 is 9.32 Å². The molecule has 0 radical (unpaired) electrons. The number of nitro groups is 1. The van der Waals surface area contributed by atoms with Crippen LogP contribution in [-0.4, -0.2) is 10.9 Å². The molecular formula is C7H4ClNO6. The van der Waals surface area contributed by atoms with Crippen LogP contribution in [0.25, 0.3) is 0 Å². The van der Waals surface area contributed by atoms with Gasteiger partial charge in [0.15, 0.2) is 0 Å². The van der Waals surface area contributed by atoms with Crippen molar-refractivity contribution in [2.45, 2.75) is 0 Å². The zero-order valence-electron chi connectivity index (χ0n) is 7.08. The van der Waals surface area contributed by atoms with Gasteiger partial charge >= 0.3 is 16.8 Å². The van der Waals surface area contributed by atoms with Crippen molar-refractivity contribution >= 4 is 11.7 Å². The maximum Gasteiger partial charge on any atom is 0.452 e. The Kier molecular flexibility index (Phi) is 3.56. The SMILES string of the molecule is O=C(O[Cl+2]([O-])[O-])c1ccc([N+](=O)[O-])cc1. The lowest BCUT2D eigenvalue weighted by Gasteiger charge is -1.95. The van der Waals surface area contributed by atoms with Crippen molar-refractivity contribution in [2.75, 3.05) is 0 Å². The van der Waals surface area contributed by atoms with Crippen LogP contribution in [0.5, 0.6) is 0 Å². The average molecular weight is 234 g/mol. The molecule has 0 fully saturated rings. The van der Waals surface area contributed by atoms with Crippen molar-refractivity contribution in [3.05, 3.63) is 39.9 Å². The van der Waals surface area contributed by atoms with Crippen LogP contribution in [0.4, 0.5) is 5.69 Å². The maximum absolute atomic E-state index is 10.9. The fourth-order valence-corrected chi connectivity index (χ4v) is 1.02. The lowest BCUT2D eigenvalue weighted by atomic mass is 10.2. The largest absolute Gasteiger partial charge is 0.452 e. The number of nitrogens with zero attached hydrogens (tertiary/aromatic N) is 1. The van der Waals surface area contributed by atoms with Gasteiger partial charge in [-0.05, 0) is 12.1 Å². The quantitative estimate of drug-likeness (QED) is 0.480. The molecule has 0 saturated carbocycles. The van der Waals surface area contributed by atoms with Crippen LogP contribution in [0.2, 0.25) is 0 Å². The minimum absolute atomic E-state index is 0.0881. The third kappa shape index (κ3) is 3.17. The average Bonchev–Trinajstić information content (AvgIpc) is 2.17. The van der Waals surface area contributed by atoms with Crippen molar-refractivity contribution < 1.29 is 34.1 Å². The molecule has 0 aliphatic heterocycles. The van der Waals surface area contributed by atoms with Crippen molar-refractivity contribution in [3.63, 3.8) is 0 Å². The van der Waals surface area contributed by atoms with E-state index in [4.69, 9.17) is 0 Å². The molecule has 15 heavy (non-hydrogen) atoms. The number of hydrogen-bond acceptors (Lipinski definition) is 6. The standard InChI is InChI=1S/C7H4ClNO6/c10-7(15-8(11)12)5-1-3-6(4-2-5)9(13)14/h1-4H. The summed E-state index contributed by atoms with van der Waals surface area (Å²) in [6.45, 7) is 0. The van der Waals surface area contributed by atoms with Crippen molar-refractivity contribution in [1.29, 1.82) is 0 Å². The topological polar surface area (TPSA) is 116 Å². The van der Waals surface area contributed by atoms with Gasteiger partial charge in [0.25, 0.3) is 5.69 Å². The first-order valence-corrected chi connectivity index (χ1v) is 4.46. The summed E-state index contributed by atoms with van der Waals surface area (Å²) in [7, 11) is -2.62. The van der Waals surface area contributed by atoms with E-state index in [1.165, 1.54) is 0 Å². The van der Waals surface area contributed by atoms with E-state index in [0.29, 0.717) is 0 Å². The molecule has 0 amide bonds. The summed E-state index contributed by atoms with van der Waals surface area (Å²) in [5.41, 5.74) is -0.290. The molecule has 0 aliphatic rings. The summed E-state index contributed by atoms with van der Waals surface area (Å²) >= 11 is 0. The minimum Gasteiger partial charge on any atom is -0.307 e. The van der Waals surface area contributed by atoms with E-state index >= 15 is 0 Å². The molecule has 0 N–H and O–H groups in total. The van der Waals surface area contributed by atoms with Gasteiger partial charge in [0.05, 0.1) is 10.5 Å². The summed E-state index contributed by atoms with van der Waals surface area (Å²) in [5, 5.41) is 10.2. The Morgan fingerprint density at radius 1 is 1.27 bits per heavy atom. The van der Waals surface area contributed by atoms with Gasteiger partial charge in [0.1, 0.15) is 0 Å². The van der Waals surface area contributed by atoms with Crippen LogP contribution >= 0.6 is 0 Å². The molecule has 1 aromatic carbocycles. The first-order chi connectivity index (χ1) is 7.00. The zero-order chi connectivity index (χ0) is 11.4. The van der Waals surface area contributed by atoms with Crippen LogP contribution in [0.1, 0.15) is 10.4 Å². The molecule has 1 aromatic rings. The van der Waals surface area contributed by atoms with Gasteiger partial charge in [0, 0.05) is 12.1 Å². The first-order valence-electron chi connectivity index (χ1n) is 3.53. The number of hydrogen-bond donors (Lipinski definition) is 0. The second-order valence-electron chi connectivity index (χ2n) is 2.36. The number of nitro benzene ring substituents is 1. The molecule has 0 aliphatic carbocycles. The monoisotopic (exact) mass is 233 g/mol. The van der Waals surface area contributed by atoms with E-state index in [2.05, 4.69) is 4.29 Å². The van der Waals surface area contributed by atoms with Gasteiger partial charge < -0.3 is 9.32 Å². The van der Waals surface area contributed by atoms with Crippen molar-refractivity contribution in [3.8, 4) is 0 Å². The molecule has 8 heteroatoms. The van der Waals surface area contributed by atoms with E-state index in [1.807, 2.05) is 0 Å². The van der Waals surface area contributed by atoms with Crippen LogP contribution in [0.3, 0.4) is 0 Å². The third-order valence-corrected chi connectivity index (χ3v) is 1.71. The molecule has 0 aromatic heterocycles. The molecule has 0 bridgehead atoms. The predicted molar refractivity (Wildman–Crippen MR) is 38.5 cm³/mol. The molecule has 0 spiro atoms. The number of non-ortho nitro benzene ring substituents is 1. The zero-order valence-corrected chi connectivity index (χ0v) is 7.84. The van der Waals surface area contributed by atoms with E-state index in [1.54, 1.807) is 0 Å². The van der Waals surface area contributed by atoms with Gasteiger partial charge in [0.2, 0.25) is 0 Å². The second-order valence-corrected chi connectivity index (χ2v) is 2.89. The summed E-state index contributed by atoms with van der Waals surface area (Å²) in [6.07, 6.45) is 0. The Bertz CT molecular complexity index is 376. The normalized spacial score (nSPS) is 10.1. The Morgan fingerprint density at radius 2 is 1.80 bits per heavy atom. The van der Waals surface area contributed by atoms with Gasteiger partial charge in [-0.3, -0.25) is 10.1 Å². The molecule has 7 nitrogen and oxygen atoms in total. The van der Waals surface area contributed by atoms with E-state index in [-0.39, 0.29) is 11.3 Å². The molecule has 80 valence electrons. The number of carbonyl (C=O) groups is 1. The Balaban J connectivity index is 2.80. The molecular weight excluding hydrogens is 230 g/mol. The lowest BCUT2D eigenvalue weighted by molar-refractivity contribution is -1.62. The fraction of sp³-hybridized carbons (Fsp3) is 0. The molecule has 0 atom stereocenters. The fourth-order valence-electron chi connectivity index (χ4n) is 0.821. The van der Waals surface area contributed by atoms with E-state index < -0.39 is 21.7 Å². The summed E-state index contributed by atoms with van der Waals surface area (Å²) in [6, 6.07) is 4.34. The van der Waals surface area contributed by atoms with Gasteiger partial charge in [-0.15, -0.1) is 0 Å². The Hall–Kier alpha value is -1.70. The molecule has 0 heterocycles. The smallest absolute Gasteiger partial charge is 0.307 e. The summed E-state index contributed by atoms with van der Waals surface area (Å²) in [4.78, 5) is 20.6. The second kappa shape index (κ2) is 4.69. The molecule has 0 saturated heterocycles. The Labute approximate surface area is 86.4 Å². The highest BCUT2D eigenvalue weighted by atomic mass is 35.6. The highest BCUT2D eigenvalue weighted by molar-refractivity contribution is 5.89. The summed E-state index contributed by atoms with van der Waals surface area (Å²) in [5.74, 6) is -1.10. The van der Waals surface area contributed by atoms with E-state index in [0.717, 1.165) is 24.3 Å². The first kappa shape index (κ1) is 11.4. The lowest BCUT2D eigenvalue weighted by Crippen LogP contribution is -2.36. The Morgan fingerprint density at radius 3 is 2.20 bits per heavy atom. The van der Waals surface area contributed by atoms with Crippen LogP contribution in [0, 0.1) is 20.9 Å².